The number of unbranched alkanes of at least 4 members (excludes halogenated alkanes) is 1. The minimum Gasteiger partial charge on any atom is -0.391 e. The second-order valence-electron chi connectivity index (χ2n) is 4.96. The summed E-state index contributed by atoms with van der Waals surface area (Å²) in [6, 6.07) is 0. The van der Waals surface area contributed by atoms with Gasteiger partial charge in [-0.2, -0.15) is 17.6 Å². The van der Waals surface area contributed by atoms with E-state index in [1.165, 1.54) is 20.8 Å². The van der Waals surface area contributed by atoms with Crippen molar-refractivity contribution in [1.82, 2.24) is 0 Å². The maximum atomic E-state index is 13.4. The molecule has 1 unspecified atom stereocenters. The number of alkyl halides is 4. The van der Waals surface area contributed by atoms with Crippen molar-refractivity contribution in [2.75, 3.05) is 13.2 Å². The summed E-state index contributed by atoms with van der Waals surface area (Å²) < 4.78 is 61.0. The Bertz CT molecular complexity index is 260. The largest absolute Gasteiger partial charge is 0.391 e. The fourth-order valence-electron chi connectivity index (χ4n) is 1.42. The molecule has 0 aliphatic heterocycles. The van der Waals surface area contributed by atoms with E-state index >= 15 is 0 Å². The Hall–Kier alpha value is -0.400. The Labute approximate surface area is 117 Å². The molecule has 0 fully saturated rings. The molecule has 0 aromatic rings. The predicted octanol–water partition coefficient (Wildman–Crippen LogP) is 3.80. The Kier molecular flexibility index (Phi) is 8.62. The molecule has 1 N–H and O–H groups in total. The van der Waals surface area contributed by atoms with E-state index in [0.717, 1.165) is 0 Å². The average molecular weight is 304 g/mol. The lowest BCUT2D eigenvalue weighted by Crippen LogP contribution is -2.32. The highest BCUT2D eigenvalue weighted by molar-refractivity contribution is 4.65. The third-order valence-electron chi connectivity index (χ3n) is 2.85. The van der Waals surface area contributed by atoms with Crippen LogP contribution in [0.5, 0.6) is 0 Å². The van der Waals surface area contributed by atoms with Crippen molar-refractivity contribution < 1.29 is 32.1 Å². The van der Waals surface area contributed by atoms with Crippen LogP contribution in [0.1, 0.15) is 46.5 Å². The molecule has 0 spiro atoms. The summed E-state index contributed by atoms with van der Waals surface area (Å²) >= 11 is 0. The standard InChI is InChI=1S/C13H24F4O3/c1-4-12(14,15)19-8-6-5-7-10(2)13(16,17)20-9-11(3)18/h10-11,18H,4-9H2,1-3H3/t10-,11?/m1/s1. The molecule has 7 heteroatoms. The third-order valence-corrected chi connectivity index (χ3v) is 2.85. The highest BCUT2D eigenvalue weighted by Crippen LogP contribution is 2.30. The van der Waals surface area contributed by atoms with Crippen LogP contribution >= 0.6 is 0 Å². The van der Waals surface area contributed by atoms with Crippen molar-refractivity contribution in [2.24, 2.45) is 5.92 Å². The Morgan fingerprint density at radius 2 is 1.65 bits per heavy atom. The predicted molar refractivity (Wildman–Crippen MR) is 66.8 cm³/mol. The van der Waals surface area contributed by atoms with Gasteiger partial charge in [-0.25, -0.2) is 0 Å². The molecule has 122 valence electrons. The van der Waals surface area contributed by atoms with E-state index in [1.807, 2.05) is 0 Å². The molecule has 0 saturated heterocycles. The van der Waals surface area contributed by atoms with Gasteiger partial charge in [-0.3, -0.25) is 0 Å². The van der Waals surface area contributed by atoms with Gasteiger partial charge >= 0.3 is 12.2 Å². The van der Waals surface area contributed by atoms with Crippen LogP contribution in [0.3, 0.4) is 0 Å². The molecule has 0 aromatic carbocycles. The van der Waals surface area contributed by atoms with E-state index in [9.17, 15) is 17.6 Å². The number of hydrogen-bond acceptors (Lipinski definition) is 3. The van der Waals surface area contributed by atoms with Crippen LogP contribution in [-0.4, -0.2) is 36.6 Å². The first-order chi connectivity index (χ1) is 9.10. The lowest BCUT2D eigenvalue weighted by molar-refractivity contribution is -0.277. The van der Waals surface area contributed by atoms with Crippen LogP contribution in [0.25, 0.3) is 0 Å². The first-order valence-electron chi connectivity index (χ1n) is 6.82. The van der Waals surface area contributed by atoms with Crippen molar-refractivity contribution >= 4 is 0 Å². The highest BCUT2D eigenvalue weighted by Gasteiger charge is 2.37. The Morgan fingerprint density at radius 3 is 2.15 bits per heavy atom. The van der Waals surface area contributed by atoms with Gasteiger partial charge in [0.1, 0.15) is 0 Å². The summed E-state index contributed by atoms with van der Waals surface area (Å²) in [5, 5.41) is 8.90. The van der Waals surface area contributed by atoms with Gasteiger partial charge in [-0.15, -0.1) is 0 Å². The normalized spacial score (nSPS) is 16.2. The van der Waals surface area contributed by atoms with Crippen LogP contribution < -0.4 is 0 Å². The fraction of sp³-hybridized carbons (Fsp3) is 1.00. The van der Waals surface area contributed by atoms with E-state index < -0.39 is 37.3 Å². The van der Waals surface area contributed by atoms with Gasteiger partial charge in [0, 0.05) is 12.3 Å². The first kappa shape index (κ1) is 19.6. The summed E-state index contributed by atoms with van der Waals surface area (Å²) in [6.07, 6.45) is -7.08. The second kappa shape index (κ2) is 8.79. The van der Waals surface area contributed by atoms with E-state index in [-0.39, 0.29) is 19.4 Å². The van der Waals surface area contributed by atoms with Gasteiger partial charge in [0.15, 0.2) is 0 Å². The minimum atomic E-state index is -3.33. The van der Waals surface area contributed by atoms with Crippen LogP contribution in [0.15, 0.2) is 0 Å². The SMILES string of the molecule is CCC(F)(F)OCCCC[C@@H](C)C(F)(F)OCC(C)O. The van der Waals surface area contributed by atoms with E-state index in [0.29, 0.717) is 6.42 Å². The van der Waals surface area contributed by atoms with Crippen molar-refractivity contribution in [3.05, 3.63) is 0 Å². The smallest absolute Gasteiger partial charge is 0.358 e. The second-order valence-corrected chi connectivity index (χ2v) is 4.96. The molecular formula is C13H24F4O3. The van der Waals surface area contributed by atoms with Gasteiger partial charge in [0.25, 0.3) is 0 Å². The molecule has 0 aromatic heterocycles. The number of halogens is 4. The number of ether oxygens (including phenoxy) is 2. The lowest BCUT2D eigenvalue weighted by Gasteiger charge is -2.24. The van der Waals surface area contributed by atoms with E-state index in [1.54, 1.807) is 0 Å². The Morgan fingerprint density at radius 1 is 1.05 bits per heavy atom. The molecule has 2 atom stereocenters. The number of rotatable bonds is 11. The number of hydrogen-bond donors (Lipinski definition) is 1. The summed E-state index contributed by atoms with van der Waals surface area (Å²) in [4.78, 5) is 0. The lowest BCUT2D eigenvalue weighted by atomic mass is 10.0. The summed E-state index contributed by atoms with van der Waals surface area (Å²) in [6.45, 7) is 3.38. The third kappa shape index (κ3) is 8.71. The molecule has 0 saturated carbocycles. The van der Waals surface area contributed by atoms with E-state index in [4.69, 9.17) is 5.11 Å². The molecule has 3 nitrogen and oxygen atoms in total. The van der Waals surface area contributed by atoms with Crippen molar-refractivity contribution in [3.8, 4) is 0 Å². The fourth-order valence-corrected chi connectivity index (χ4v) is 1.42. The minimum absolute atomic E-state index is 0.133. The monoisotopic (exact) mass is 304 g/mol. The van der Waals surface area contributed by atoms with Crippen molar-refractivity contribution in [3.63, 3.8) is 0 Å². The van der Waals surface area contributed by atoms with Gasteiger partial charge in [-0.05, 0) is 19.8 Å². The zero-order chi connectivity index (χ0) is 15.8. The quantitative estimate of drug-likeness (QED) is 0.466. The zero-order valence-corrected chi connectivity index (χ0v) is 12.2. The maximum absolute atomic E-state index is 13.4. The molecule has 0 aliphatic carbocycles. The zero-order valence-electron chi connectivity index (χ0n) is 12.2. The molecule has 0 radical (unpaired) electrons. The molecule has 0 rings (SSSR count). The molecule has 0 aliphatic rings. The Balaban J connectivity index is 3.84. The maximum Gasteiger partial charge on any atom is 0.358 e. The first-order valence-corrected chi connectivity index (χ1v) is 6.82. The van der Waals surface area contributed by atoms with E-state index in [2.05, 4.69) is 9.47 Å². The van der Waals surface area contributed by atoms with Gasteiger partial charge in [-0.1, -0.05) is 20.3 Å². The summed E-state index contributed by atoms with van der Waals surface area (Å²) in [5.41, 5.74) is 0. The van der Waals surface area contributed by atoms with Crippen LogP contribution in [0.2, 0.25) is 0 Å². The topological polar surface area (TPSA) is 38.7 Å². The molecular weight excluding hydrogens is 280 g/mol. The number of aliphatic hydroxyl groups is 1. The molecule has 0 bridgehead atoms. The molecule has 0 heterocycles. The van der Waals surface area contributed by atoms with Gasteiger partial charge in [0.2, 0.25) is 0 Å². The van der Waals surface area contributed by atoms with Gasteiger partial charge < -0.3 is 14.6 Å². The summed E-state index contributed by atoms with van der Waals surface area (Å²) in [5.74, 6) is -1.05. The molecule has 0 amide bonds. The van der Waals surface area contributed by atoms with Crippen molar-refractivity contribution in [2.45, 2.75) is 64.8 Å². The van der Waals surface area contributed by atoms with Crippen molar-refractivity contribution in [1.29, 1.82) is 0 Å². The van der Waals surface area contributed by atoms with Crippen LogP contribution in [0.4, 0.5) is 17.6 Å². The van der Waals surface area contributed by atoms with Gasteiger partial charge in [0.05, 0.1) is 19.3 Å². The van der Waals surface area contributed by atoms with Crippen LogP contribution in [0, 0.1) is 5.92 Å². The number of aliphatic hydroxyl groups excluding tert-OH is 1. The molecule has 20 heavy (non-hydrogen) atoms. The summed E-state index contributed by atoms with van der Waals surface area (Å²) in [7, 11) is 0. The highest BCUT2D eigenvalue weighted by atomic mass is 19.3. The average Bonchev–Trinajstić information content (AvgIpc) is 2.35. The van der Waals surface area contributed by atoms with Crippen LogP contribution in [-0.2, 0) is 9.47 Å².